The Morgan fingerprint density at radius 3 is 2.52 bits per heavy atom. The number of hydrogen-bond acceptors (Lipinski definition) is 5. The van der Waals surface area contributed by atoms with Gasteiger partial charge in [-0.05, 0) is 41.5 Å². The number of pyridine rings is 1. The van der Waals surface area contributed by atoms with Gasteiger partial charge in [0.1, 0.15) is 17.3 Å². The van der Waals surface area contributed by atoms with Gasteiger partial charge in [-0.1, -0.05) is 30.3 Å². The number of carbonyl (C=O) groups is 2. The maximum atomic E-state index is 13.6. The first kappa shape index (κ1) is 20.3. The van der Waals surface area contributed by atoms with Gasteiger partial charge >= 0.3 is 0 Å². The van der Waals surface area contributed by atoms with Crippen LogP contribution >= 0.6 is 0 Å². The maximum absolute atomic E-state index is 13.6. The molecule has 1 fully saturated rings. The van der Waals surface area contributed by atoms with Gasteiger partial charge in [0.2, 0.25) is 0 Å². The molecule has 2 aromatic carbocycles. The lowest BCUT2D eigenvalue weighted by atomic mass is 9.95. The molecule has 1 N–H and O–H groups in total. The van der Waals surface area contributed by atoms with Crippen LogP contribution in [0.2, 0.25) is 0 Å². The van der Waals surface area contributed by atoms with E-state index in [9.17, 15) is 19.1 Å². The Balaban J connectivity index is 1.89. The van der Waals surface area contributed by atoms with Gasteiger partial charge in [0.05, 0.1) is 24.3 Å². The van der Waals surface area contributed by atoms with Crippen molar-refractivity contribution in [3.8, 4) is 5.75 Å². The molecule has 0 spiro atoms. The summed E-state index contributed by atoms with van der Waals surface area (Å²) in [6.07, 6.45) is 3.21. The van der Waals surface area contributed by atoms with Crippen LogP contribution in [0.3, 0.4) is 0 Å². The molecule has 0 bridgehead atoms. The van der Waals surface area contributed by atoms with Gasteiger partial charge in [-0.2, -0.15) is 0 Å². The van der Waals surface area contributed by atoms with Crippen molar-refractivity contribution in [1.29, 1.82) is 0 Å². The molecule has 1 saturated heterocycles. The number of ketones is 1. The molecule has 1 aromatic heterocycles. The average Bonchev–Trinajstić information content (AvgIpc) is 3.04. The van der Waals surface area contributed by atoms with Gasteiger partial charge in [-0.15, -0.1) is 0 Å². The number of nitrogens with zero attached hydrogens (tertiary/aromatic N) is 2. The second-order valence-corrected chi connectivity index (χ2v) is 7.04. The summed E-state index contributed by atoms with van der Waals surface area (Å²) in [5, 5.41) is 11.1. The molecule has 1 atom stereocenters. The van der Waals surface area contributed by atoms with Gasteiger partial charge in [0.15, 0.2) is 0 Å². The van der Waals surface area contributed by atoms with Crippen LogP contribution in [-0.2, 0) is 16.1 Å². The fraction of sp³-hybridized carbons (Fsp3) is 0.125. The number of aliphatic hydroxyl groups excluding tert-OH is 1. The molecule has 1 unspecified atom stereocenters. The number of halogens is 1. The first-order valence-electron chi connectivity index (χ1n) is 9.57. The number of likely N-dealkylation sites (tertiary alicyclic amines) is 1. The third kappa shape index (κ3) is 3.77. The Hall–Kier alpha value is -4.00. The standard InChI is InChI=1S/C24H19FN2O4/c1-31-19-7-3-2-6-18(19)22(28)20-21(16-8-10-17(25)11-9-16)27(24(30)23(20)29)14-15-5-4-12-26-13-15/h2-13,21,28H,14H2,1H3/b22-20+. The summed E-state index contributed by atoms with van der Waals surface area (Å²) >= 11 is 0. The number of hydrogen-bond donors (Lipinski definition) is 1. The fourth-order valence-electron chi connectivity index (χ4n) is 3.71. The third-order valence-corrected chi connectivity index (χ3v) is 5.16. The fourth-order valence-corrected chi connectivity index (χ4v) is 3.71. The second-order valence-electron chi connectivity index (χ2n) is 7.04. The largest absolute Gasteiger partial charge is 0.507 e. The van der Waals surface area contributed by atoms with Crippen LogP contribution in [0.15, 0.2) is 78.6 Å². The van der Waals surface area contributed by atoms with Crippen LogP contribution in [0.1, 0.15) is 22.7 Å². The van der Waals surface area contributed by atoms with E-state index in [0.717, 1.165) is 0 Å². The molecule has 31 heavy (non-hydrogen) atoms. The van der Waals surface area contributed by atoms with E-state index in [1.54, 1.807) is 48.8 Å². The number of carbonyl (C=O) groups excluding carboxylic acids is 2. The summed E-state index contributed by atoms with van der Waals surface area (Å²) in [5.41, 5.74) is 1.43. The number of amides is 1. The highest BCUT2D eigenvalue weighted by Gasteiger charge is 2.46. The van der Waals surface area contributed by atoms with Gasteiger partial charge in [-0.3, -0.25) is 14.6 Å². The Bertz CT molecular complexity index is 1160. The number of benzene rings is 2. The summed E-state index contributed by atoms with van der Waals surface area (Å²) in [6.45, 7) is 0.100. The lowest BCUT2D eigenvalue weighted by Crippen LogP contribution is -2.29. The van der Waals surface area contributed by atoms with E-state index >= 15 is 0 Å². The van der Waals surface area contributed by atoms with Crippen molar-refractivity contribution in [3.63, 3.8) is 0 Å². The molecule has 0 aliphatic carbocycles. The van der Waals surface area contributed by atoms with Gasteiger partial charge in [0, 0.05) is 18.9 Å². The topological polar surface area (TPSA) is 79.7 Å². The van der Waals surface area contributed by atoms with E-state index < -0.39 is 23.5 Å². The predicted molar refractivity (Wildman–Crippen MR) is 111 cm³/mol. The zero-order valence-electron chi connectivity index (χ0n) is 16.7. The molecule has 1 aliphatic rings. The Morgan fingerprint density at radius 2 is 1.84 bits per heavy atom. The maximum Gasteiger partial charge on any atom is 0.295 e. The van der Waals surface area contributed by atoms with Gasteiger partial charge in [0.25, 0.3) is 11.7 Å². The SMILES string of the molecule is COc1ccccc1/C(O)=C1\C(=O)C(=O)N(Cc2cccnc2)C1c1ccc(F)cc1. The normalized spacial score (nSPS) is 17.7. The van der Waals surface area contributed by atoms with Gasteiger partial charge in [-0.25, -0.2) is 4.39 Å². The lowest BCUT2D eigenvalue weighted by molar-refractivity contribution is -0.140. The highest BCUT2D eigenvalue weighted by atomic mass is 19.1. The smallest absolute Gasteiger partial charge is 0.295 e. The van der Waals surface area contributed by atoms with Crippen LogP contribution in [0.25, 0.3) is 5.76 Å². The summed E-state index contributed by atoms with van der Waals surface area (Å²) in [4.78, 5) is 31.4. The highest BCUT2D eigenvalue weighted by Crippen LogP contribution is 2.41. The van der Waals surface area contributed by atoms with Crippen LogP contribution in [-0.4, -0.2) is 33.8 Å². The van der Waals surface area contributed by atoms with Crippen molar-refractivity contribution < 1.29 is 23.8 Å². The average molecular weight is 418 g/mol. The molecule has 1 amide bonds. The number of Topliss-reactive ketones (excluding diaryl/α,β-unsaturated/α-hetero) is 1. The number of para-hydroxylation sites is 1. The van der Waals surface area contributed by atoms with Crippen molar-refractivity contribution in [2.24, 2.45) is 0 Å². The highest BCUT2D eigenvalue weighted by molar-refractivity contribution is 6.46. The zero-order chi connectivity index (χ0) is 22.0. The van der Waals surface area contributed by atoms with E-state index in [1.165, 1.54) is 36.3 Å². The summed E-state index contributed by atoms with van der Waals surface area (Å²) < 4.78 is 18.9. The summed E-state index contributed by atoms with van der Waals surface area (Å²) in [6, 6.07) is 14.8. The van der Waals surface area contributed by atoms with Crippen LogP contribution in [0.4, 0.5) is 4.39 Å². The molecular formula is C24H19FN2O4. The Labute approximate surface area is 178 Å². The minimum atomic E-state index is -0.897. The number of rotatable bonds is 5. The quantitative estimate of drug-likeness (QED) is 0.387. The molecular weight excluding hydrogens is 399 g/mol. The number of aliphatic hydroxyl groups is 1. The zero-order valence-corrected chi connectivity index (χ0v) is 16.7. The Morgan fingerprint density at radius 1 is 1.10 bits per heavy atom. The van der Waals surface area contributed by atoms with E-state index in [4.69, 9.17) is 4.74 Å². The first-order valence-corrected chi connectivity index (χ1v) is 9.57. The molecule has 3 aromatic rings. The second kappa shape index (κ2) is 8.39. The van der Waals surface area contributed by atoms with Crippen molar-refractivity contribution in [1.82, 2.24) is 9.88 Å². The number of aromatic nitrogens is 1. The van der Waals surface area contributed by atoms with E-state index in [1.807, 2.05) is 0 Å². The molecule has 6 nitrogen and oxygen atoms in total. The Kier molecular flexibility index (Phi) is 5.49. The van der Waals surface area contributed by atoms with Crippen molar-refractivity contribution in [2.45, 2.75) is 12.6 Å². The minimum absolute atomic E-state index is 0.0787. The minimum Gasteiger partial charge on any atom is -0.507 e. The molecule has 7 heteroatoms. The van der Waals surface area contributed by atoms with Crippen LogP contribution < -0.4 is 4.74 Å². The lowest BCUT2D eigenvalue weighted by Gasteiger charge is -2.25. The van der Waals surface area contributed by atoms with Crippen LogP contribution in [0, 0.1) is 5.82 Å². The van der Waals surface area contributed by atoms with Gasteiger partial charge < -0.3 is 14.7 Å². The first-order chi connectivity index (χ1) is 15.0. The summed E-state index contributed by atoms with van der Waals surface area (Å²) in [5.74, 6) is -2.01. The van der Waals surface area contributed by atoms with Crippen molar-refractivity contribution >= 4 is 17.4 Å². The molecule has 1 aliphatic heterocycles. The molecule has 0 radical (unpaired) electrons. The summed E-state index contributed by atoms with van der Waals surface area (Å²) in [7, 11) is 1.45. The molecule has 2 heterocycles. The van der Waals surface area contributed by atoms with E-state index in [2.05, 4.69) is 4.98 Å². The van der Waals surface area contributed by atoms with Crippen molar-refractivity contribution in [2.75, 3.05) is 7.11 Å². The van der Waals surface area contributed by atoms with Crippen LogP contribution in [0.5, 0.6) is 5.75 Å². The van der Waals surface area contributed by atoms with E-state index in [0.29, 0.717) is 16.9 Å². The molecule has 156 valence electrons. The molecule has 4 rings (SSSR count). The third-order valence-electron chi connectivity index (χ3n) is 5.16. The molecule has 0 saturated carbocycles. The number of methoxy groups -OCH3 is 1. The number of ether oxygens (including phenoxy) is 1. The predicted octanol–water partition coefficient (Wildman–Crippen LogP) is 3.85. The van der Waals surface area contributed by atoms with E-state index in [-0.39, 0.29) is 23.4 Å². The monoisotopic (exact) mass is 418 g/mol. The van der Waals surface area contributed by atoms with Crippen molar-refractivity contribution in [3.05, 3.63) is 101 Å².